The monoisotopic (exact) mass is 380 g/mol. The van der Waals surface area contributed by atoms with Crippen LogP contribution in [-0.4, -0.2) is 41.9 Å². The molecule has 3 aromatic rings. The zero-order chi connectivity index (χ0) is 18.6. The van der Waals surface area contributed by atoms with Crippen LogP contribution in [0.15, 0.2) is 65.1 Å². The first-order valence-corrected chi connectivity index (χ1v) is 9.47. The molecule has 4 rings (SSSR count). The van der Waals surface area contributed by atoms with Crippen molar-refractivity contribution in [2.24, 2.45) is 0 Å². The predicted octanol–water partition coefficient (Wildman–Crippen LogP) is 4.44. The standard InChI is InChI=1S/C22H21ClN2O2/c23-19-7-5-17(6-8-19)16-24-11-13-25(14-12-24)22(26)10-9-20-15-18-3-1-2-4-21(18)27-20/h1-10,15H,11-14,16H2/b10-9+. The summed E-state index contributed by atoms with van der Waals surface area (Å²) < 4.78 is 5.72. The molecule has 1 fully saturated rings. The van der Waals surface area contributed by atoms with Crippen LogP contribution in [0, 0.1) is 0 Å². The fraction of sp³-hybridized carbons (Fsp3) is 0.227. The number of carbonyl (C=O) groups is 1. The molecule has 1 aromatic heterocycles. The number of halogens is 1. The van der Waals surface area contributed by atoms with E-state index in [-0.39, 0.29) is 5.91 Å². The summed E-state index contributed by atoms with van der Waals surface area (Å²) in [4.78, 5) is 16.7. The third-order valence-corrected chi connectivity index (χ3v) is 5.09. The molecular weight excluding hydrogens is 360 g/mol. The molecule has 0 unspecified atom stereocenters. The number of piperazine rings is 1. The number of benzene rings is 2. The molecule has 0 radical (unpaired) electrons. The van der Waals surface area contributed by atoms with E-state index in [1.807, 2.05) is 47.4 Å². The van der Waals surface area contributed by atoms with Crippen molar-refractivity contribution in [3.05, 3.63) is 77.0 Å². The van der Waals surface area contributed by atoms with E-state index in [0.717, 1.165) is 48.7 Å². The molecule has 1 aliphatic rings. The first-order valence-electron chi connectivity index (χ1n) is 9.10. The molecule has 5 heteroatoms. The van der Waals surface area contributed by atoms with Crippen molar-refractivity contribution in [2.45, 2.75) is 6.54 Å². The van der Waals surface area contributed by atoms with Gasteiger partial charge in [-0.1, -0.05) is 41.9 Å². The Labute approximate surface area is 163 Å². The molecule has 2 aromatic carbocycles. The van der Waals surface area contributed by atoms with E-state index in [9.17, 15) is 4.79 Å². The number of nitrogens with zero attached hydrogens (tertiary/aromatic N) is 2. The Hall–Kier alpha value is -2.56. The molecule has 1 saturated heterocycles. The van der Waals surface area contributed by atoms with E-state index in [1.165, 1.54) is 5.56 Å². The van der Waals surface area contributed by atoms with Crippen LogP contribution in [0.3, 0.4) is 0 Å². The molecule has 27 heavy (non-hydrogen) atoms. The van der Waals surface area contributed by atoms with E-state index in [2.05, 4.69) is 17.0 Å². The van der Waals surface area contributed by atoms with Gasteiger partial charge in [0.25, 0.3) is 0 Å². The molecule has 0 atom stereocenters. The number of para-hydroxylation sites is 1. The van der Waals surface area contributed by atoms with E-state index in [1.54, 1.807) is 12.2 Å². The fourth-order valence-electron chi connectivity index (χ4n) is 3.32. The predicted molar refractivity (Wildman–Crippen MR) is 109 cm³/mol. The lowest BCUT2D eigenvalue weighted by molar-refractivity contribution is -0.127. The van der Waals surface area contributed by atoms with Crippen LogP contribution in [-0.2, 0) is 11.3 Å². The lowest BCUT2D eigenvalue weighted by Crippen LogP contribution is -2.47. The van der Waals surface area contributed by atoms with Gasteiger partial charge in [-0.25, -0.2) is 0 Å². The van der Waals surface area contributed by atoms with Crippen molar-refractivity contribution >= 4 is 34.6 Å². The van der Waals surface area contributed by atoms with Crippen molar-refractivity contribution in [2.75, 3.05) is 26.2 Å². The van der Waals surface area contributed by atoms with Gasteiger partial charge in [-0.05, 0) is 35.9 Å². The van der Waals surface area contributed by atoms with E-state index in [0.29, 0.717) is 5.76 Å². The van der Waals surface area contributed by atoms with E-state index >= 15 is 0 Å². The quantitative estimate of drug-likeness (QED) is 0.628. The Kier molecular flexibility index (Phi) is 5.28. The largest absolute Gasteiger partial charge is 0.457 e. The SMILES string of the molecule is O=C(/C=C/c1cc2ccccc2o1)N1CCN(Cc2ccc(Cl)cc2)CC1. The highest BCUT2D eigenvalue weighted by atomic mass is 35.5. The van der Waals surface area contributed by atoms with Crippen LogP contribution in [0.5, 0.6) is 0 Å². The van der Waals surface area contributed by atoms with Gasteiger partial charge in [0, 0.05) is 49.2 Å². The van der Waals surface area contributed by atoms with Crippen LogP contribution < -0.4 is 0 Å². The summed E-state index contributed by atoms with van der Waals surface area (Å²) in [5.41, 5.74) is 2.07. The van der Waals surface area contributed by atoms with Gasteiger partial charge in [0.1, 0.15) is 11.3 Å². The number of furan rings is 1. The minimum atomic E-state index is 0.0293. The van der Waals surface area contributed by atoms with E-state index < -0.39 is 0 Å². The molecule has 138 valence electrons. The van der Waals surface area contributed by atoms with Crippen LogP contribution in [0.2, 0.25) is 5.02 Å². The molecule has 4 nitrogen and oxygen atoms in total. The maximum absolute atomic E-state index is 12.5. The molecule has 2 heterocycles. The Balaban J connectivity index is 1.31. The first kappa shape index (κ1) is 17.8. The van der Waals surface area contributed by atoms with Crippen molar-refractivity contribution in [3.8, 4) is 0 Å². The van der Waals surface area contributed by atoms with Gasteiger partial charge < -0.3 is 9.32 Å². The van der Waals surface area contributed by atoms with Gasteiger partial charge in [0.15, 0.2) is 0 Å². The average Bonchev–Trinajstić information content (AvgIpc) is 3.11. The number of rotatable bonds is 4. The summed E-state index contributed by atoms with van der Waals surface area (Å²) in [6.07, 6.45) is 3.36. The zero-order valence-corrected chi connectivity index (χ0v) is 15.7. The van der Waals surface area contributed by atoms with Crippen molar-refractivity contribution in [1.29, 1.82) is 0 Å². The number of carbonyl (C=O) groups excluding carboxylic acids is 1. The minimum Gasteiger partial charge on any atom is -0.457 e. The Morgan fingerprint density at radius 1 is 1.04 bits per heavy atom. The molecule has 0 saturated carbocycles. The lowest BCUT2D eigenvalue weighted by Gasteiger charge is -2.34. The summed E-state index contributed by atoms with van der Waals surface area (Å²) in [5.74, 6) is 0.729. The molecule has 0 aliphatic carbocycles. The smallest absolute Gasteiger partial charge is 0.246 e. The van der Waals surface area contributed by atoms with Crippen molar-refractivity contribution in [3.63, 3.8) is 0 Å². The topological polar surface area (TPSA) is 36.7 Å². The molecule has 0 bridgehead atoms. The maximum atomic E-state index is 12.5. The number of fused-ring (bicyclic) bond motifs is 1. The minimum absolute atomic E-state index is 0.0293. The van der Waals surface area contributed by atoms with Gasteiger partial charge >= 0.3 is 0 Å². The fourth-order valence-corrected chi connectivity index (χ4v) is 3.44. The van der Waals surface area contributed by atoms with Gasteiger partial charge in [-0.15, -0.1) is 0 Å². The zero-order valence-electron chi connectivity index (χ0n) is 15.0. The Bertz CT molecular complexity index is 921. The highest BCUT2D eigenvalue weighted by Crippen LogP contribution is 2.20. The first-order chi connectivity index (χ1) is 13.2. The maximum Gasteiger partial charge on any atom is 0.246 e. The average molecular weight is 381 g/mol. The third-order valence-electron chi connectivity index (χ3n) is 4.84. The summed E-state index contributed by atoms with van der Waals surface area (Å²) in [6.45, 7) is 4.08. The van der Waals surface area contributed by atoms with Gasteiger partial charge in [0.05, 0.1) is 0 Å². The second kappa shape index (κ2) is 7.99. The lowest BCUT2D eigenvalue weighted by atomic mass is 10.2. The summed E-state index contributed by atoms with van der Waals surface area (Å²) in [5, 5.41) is 1.80. The van der Waals surface area contributed by atoms with Crippen molar-refractivity contribution in [1.82, 2.24) is 9.80 Å². The molecule has 0 N–H and O–H groups in total. The van der Waals surface area contributed by atoms with Crippen LogP contribution in [0.1, 0.15) is 11.3 Å². The van der Waals surface area contributed by atoms with Crippen LogP contribution in [0.25, 0.3) is 17.0 Å². The number of hydrogen-bond donors (Lipinski definition) is 0. The Morgan fingerprint density at radius 3 is 2.52 bits per heavy atom. The molecule has 0 spiro atoms. The third kappa shape index (κ3) is 4.41. The Morgan fingerprint density at radius 2 is 1.78 bits per heavy atom. The van der Waals surface area contributed by atoms with Gasteiger partial charge in [-0.3, -0.25) is 9.69 Å². The van der Waals surface area contributed by atoms with Gasteiger partial charge in [0.2, 0.25) is 5.91 Å². The molecular formula is C22H21ClN2O2. The second-order valence-electron chi connectivity index (χ2n) is 6.75. The van der Waals surface area contributed by atoms with Crippen molar-refractivity contribution < 1.29 is 9.21 Å². The van der Waals surface area contributed by atoms with Crippen LogP contribution >= 0.6 is 11.6 Å². The highest BCUT2D eigenvalue weighted by Gasteiger charge is 2.19. The summed E-state index contributed by atoms with van der Waals surface area (Å²) >= 11 is 5.93. The van der Waals surface area contributed by atoms with Gasteiger partial charge in [-0.2, -0.15) is 0 Å². The highest BCUT2D eigenvalue weighted by molar-refractivity contribution is 6.30. The van der Waals surface area contributed by atoms with E-state index in [4.69, 9.17) is 16.0 Å². The summed E-state index contributed by atoms with van der Waals surface area (Å²) in [6, 6.07) is 17.7. The molecule has 1 amide bonds. The number of amides is 1. The number of hydrogen-bond acceptors (Lipinski definition) is 3. The van der Waals surface area contributed by atoms with Crippen LogP contribution in [0.4, 0.5) is 0 Å². The molecule has 1 aliphatic heterocycles. The second-order valence-corrected chi connectivity index (χ2v) is 7.18. The normalized spacial score (nSPS) is 15.7. The summed E-state index contributed by atoms with van der Waals surface area (Å²) in [7, 11) is 0.